The van der Waals surface area contributed by atoms with E-state index in [9.17, 15) is 8.42 Å². The van der Waals surface area contributed by atoms with Crippen molar-refractivity contribution < 1.29 is 13.2 Å². The van der Waals surface area contributed by atoms with E-state index < -0.39 is 15.1 Å². The topological polar surface area (TPSA) is 105 Å². The largest absolute Gasteiger partial charge is 0.493 e. The van der Waals surface area contributed by atoms with Gasteiger partial charge >= 0.3 is 0 Å². The first kappa shape index (κ1) is 28.1. The molecule has 3 heterocycles. The molecule has 8 nitrogen and oxygen atoms in total. The van der Waals surface area contributed by atoms with E-state index in [2.05, 4.69) is 56.5 Å². The Morgan fingerprint density at radius 3 is 2.67 bits per heavy atom. The second-order valence-electron chi connectivity index (χ2n) is 10.5. The van der Waals surface area contributed by atoms with Gasteiger partial charge in [-0.3, -0.25) is 0 Å². The molecule has 0 spiro atoms. The number of alkyl halides is 1. The lowest BCUT2D eigenvalue weighted by molar-refractivity contribution is 0.281. The maximum Gasteiger partial charge on any atom is 0.229 e. The molecule has 0 unspecified atom stereocenters. The minimum absolute atomic E-state index is 0.267. The van der Waals surface area contributed by atoms with Crippen LogP contribution in [-0.2, 0) is 20.7 Å². The molecule has 2 aromatic carbocycles. The van der Waals surface area contributed by atoms with Gasteiger partial charge in [-0.25, -0.2) is 13.4 Å². The summed E-state index contributed by atoms with van der Waals surface area (Å²) in [7, 11) is -3.48. The Hall–Kier alpha value is -2.44. The third kappa shape index (κ3) is 5.88. The summed E-state index contributed by atoms with van der Waals surface area (Å²) in [6, 6.07) is 9.19. The molecule has 1 saturated heterocycles. The zero-order chi connectivity index (χ0) is 27.6. The van der Waals surface area contributed by atoms with Gasteiger partial charge in [0, 0.05) is 33.0 Å². The van der Waals surface area contributed by atoms with Crippen LogP contribution in [-0.4, -0.2) is 43.3 Å². The number of hydrogen-bond donors (Lipinski definition) is 3. The van der Waals surface area contributed by atoms with Crippen LogP contribution >= 0.6 is 22.6 Å². The van der Waals surface area contributed by atoms with E-state index in [-0.39, 0.29) is 4.90 Å². The number of para-hydroxylation sites is 1. The van der Waals surface area contributed by atoms with Crippen LogP contribution in [0.4, 0.5) is 23.1 Å². The molecule has 0 aliphatic carbocycles. The minimum Gasteiger partial charge on any atom is -0.493 e. The molecular weight excluding hydrogens is 625 g/mol. The first-order valence-electron chi connectivity index (χ1n) is 13.6. The number of benzene rings is 2. The number of hydrogen-bond acceptors (Lipinski definition) is 8. The number of halogens is 1. The molecule has 0 atom stereocenters. The third-order valence-corrected chi connectivity index (χ3v) is 10.5. The Morgan fingerprint density at radius 2 is 1.92 bits per heavy atom. The number of aromatic nitrogens is 2. The summed E-state index contributed by atoms with van der Waals surface area (Å²) in [5, 5.41) is 9.70. The minimum atomic E-state index is -3.48. The van der Waals surface area contributed by atoms with Crippen molar-refractivity contribution in [3.05, 3.63) is 58.8 Å². The van der Waals surface area contributed by atoms with Crippen LogP contribution in [0.2, 0.25) is 0 Å². The van der Waals surface area contributed by atoms with Crippen molar-refractivity contribution in [2.24, 2.45) is 0 Å². The fourth-order valence-electron chi connectivity index (χ4n) is 5.40. The Morgan fingerprint density at radius 1 is 1.15 bits per heavy atom. The van der Waals surface area contributed by atoms with Gasteiger partial charge in [0.15, 0.2) is 9.84 Å². The average Bonchev–Trinajstić information content (AvgIpc) is 2.94. The summed E-state index contributed by atoms with van der Waals surface area (Å²) in [5.41, 5.74) is 6.12. The Kier molecular flexibility index (Phi) is 8.63. The zero-order valence-electron chi connectivity index (χ0n) is 22.7. The highest BCUT2D eigenvalue weighted by atomic mass is 127. The number of nitrogens with one attached hydrogen (secondary N) is 3. The van der Waals surface area contributed by atoms with Gasteiger partial charge in [-0.15, -0.1) is 0 Å². The smallest absolute Gasteiger partial charge is 0.229 e. The number of ether oxygens (including phenoxy) is 1. The zero-order valence-corrected chi connectivity index (χ0v) is 25.7. The van der Waals surface area contributed by atoms with Crippen molar-refractivity contribution in [3.8, 4) is 5.75 Å². The normalized spacial score (nSPS) is 16.0. The molecule has 0 bridgehead atoms. The van der Waals surface area contributed by atoms with E-state index in [0.29, 0.717) is 27.8 Å². The monoisotopic (exact) mass is 661 g/mol. The second kappa shape index (κ2) is 12.0. The molecule has 39 heavy (non-hydrogen) atoms. The molecule has 1 aromatic heterocycles. The molecule has 3 N–H and O–H groups in total. The molecule has 3 aromatic rings. The van der Waals surface area contributed by atoms with Crippen molar-refractivity contribution in [2.75, 3.05) is 30.3 Å². The highest BCUT2D eigenvalue weighted by Gasteiger charge is 2.28. The predicted octanol–water partition coefficient (Wildman–Crippen LogP) is 6.18. The molecule has 1 fully saturated rings. The van der Waals surface area contributed by atoms with E-state index >= 15 is 0 Å². The first-order chi connectivity index (χ1) is 18.8. The molecule has 208 valence electrons. The molecule has 0 amide bonds. The van der Waals surface area contributed by atoms with Crippen molar-refractivity contribution in [1.82, 2.24) is 15.3 Å². The van der Waals surface area contributed by atoms with E-state index in [1.807, 2.05) is 6.07 Å². The van der Waals surface area contributed by atoms with Gasteiger partial charge in [-0.1, -0.05) is 34.7 Å². The highest BCUT2D eigenvalue weighted by Crippen LogP contribution is 2.44. The summed E-state index contributed by atoms with van der Waals surface area (Å²) < 4.78 is 33.0. The Bertz CT molecular complexity index is 1460. The summed E-state index contributed by atoms with van der Waals surface area (Å²) in [5.74, 6) is 2.58. The Balaban J connectivity index is 1.49. The molecule has 0 saturated carbocycles. The van der Waals surface area contributed by atoms with E-state index in [4.69, 9.17) is 9.72 Å². The standard InChI is InChI=1S/C29H36IN5O3S/c1-18(2)39(36,37)25-9-5-4-8-23(25)33-28-21(16-30)17-32-29(35-28)34-24-15-19(3)26(20-10-12-31-13-11-20)27-22(24)7-6-14-38-27/h4-5,8-9,15,17-18,20,31H,6-7,10-14,16H2,1-3H3,(H2,32,33,34,35). The lowest BCUT2D eigenvalue weighted by atomic mass is 9.84. The van der Waals surface area contributed by atoms with Crippen LogP contribution in [0.1, 0.15) is 61.3 Å². The number of piperidine rings is 1. The molecule has 10 heteroatoms. The van der Waals surface area contributed by atoms with Crippen molar-refractivity contribution >= 4 is 55.6 Å². The van der Waals surface area contributed by atoms with Crippen LogP contribution in [0, 0.1) is 6.92 Å². The molecular formula is C29H36IN5O3S. The van der Waals surface area contributed by atoms with E-state index in [1.54, 1.807) is 38.2 Å². The Labute approximate surface area is 244 Å². The van der Waals surface area contributed by atoms with Crippen molar-refractivity contribution in [3.63, 3.8) is 0 Å². The van der Waals surface area contributed by atoms with Crippen LogP contribution in [0.3, 0.4) is 0 Å². The van der Waals surface area contributed by atoms with Crippen LogP contribution < -0.4 is 20.7 Å². The van der Waals surface area contributed by atoms with E-state index in [1.165, 1.54) is 16.7 Å². The van der Waals surface area contributed by atoms with Crippen molar-refractivity contribution in [1.29, 1.82) is 0 Å². The quantitative estimate of drug-likeness (QED) is 0.194. The average molecular weight is 662 g/mol. The highest BCUT2D eigenvalue weighted by molar-refractivity contribution is 14.1. The number of nitrogens with zero attached hydrogens (tertiary/aromatic N) is 2. The van der Waals surface area contributed by atoms with E-state index in [0.717, 1.165) is 62.4 Å². The molecule has 0 radical (unpaired) electrons. The van der Waals surface area contributed by atoms with Gasteiger partial charge in [0.25, 0.3) is 0 Å². The SMILES string of the molecule is Cc1cc(Nc2ncc(CI)c(Nc3ccccc3S(=O)(=O)C(C)C)n2)c2c(c1C1CCNCC1)OCCC2. The molecule has 2 aliphatic rings. The van der Waals surface area contributed by atoms with Crippen LogP contribution in [0.15, 0.2) is 41.4 Å². The number of fused-ring (bicyclic) bond motifs is 1. The van der Waals surface area contributed by atoms with Crippen LogP contribution in [0.5, 0.6) is 5.75 Å². The van der Waals surface area contributed by atoms with Gasteiger partial charge in [-0.05, 0) is 89.2 Å². The predicted molar refractivity (Wildman–Crippen MR) is 165 cm³/mol. The lowest BCUT2D eigenvalue weighted by Crippen LogP contribution is -2.28. The summed E-state index contributed by atoms with van der Waals surface area (Å²) in [6.07, 6.45) is 5.94. The first-order valence-corrected chi connectivity index (χ1v) is 16.7. The summed E-state index contributed by atoms with van der Waals surface area (Å²) in [4.78, 5) is 9.68. The lowest BCUT2D eigenvalue weighted by Gasteiger charge is -2.31. The fraction of sp³-hybridized carbons (Fsp3) is 0.448. The number of aryl methyl sites for hydroxylation is 1. The van der Waals surface area contributed by atoms with Gasteiger partial charge in [0.1, 0.15) is 11.6 Å². The third-order valence-electron chi connectivity index (χ3n) is 7.52. The van der Waals surface area contributed by atoms with Gasteiger partial charge in [0.2, 0.25) is 5.95 Å². The molecule has 5 rings (SSSR count). The van der Waals surface area contributed by atoms with Gasteiger partial charge < -0.3 is 20.7 Å². The fourth-order valence-corrected chi connectivity index (χ4v) is 7.16. The van der Waals surface area contributed by atoms with Crippen LogP contribution in [0.25, 0.3) is 0 Å². The summed E-state index contributed by atoms with van der Waals surface area (Å²) >= 11 is 2.27. The van der Waals surface area contributed by atoms with Crippen molar-refractivity contribution in [2.45, 2.75) is 66.9 Å². The number of sulfone groups is 1. The van der Waals surface area contributed by atoms with Gasteiger partial charge in [-0.2, -0.15) is 4.98 Å². The molecule has 2 aliphatic heterocycles. The number of anilines is 4. The second-order valence-corrected chi connectivity index (χ2v) is 13.7. The van der Waals surface area contributed by atoms with Gasteiger partial charge in [0.05, 0.1) is 22.4 Å². The summed E-state index contributed by atoms with van der Waals surface area (Å²) in [6.45, 7) is 8.36. The maximum absolute atomic E-state index is 13.0. The maximum atomic E-state index is 13.0. The number of rotatable bonds is 8.